The molecule has 0 aliphatic carbocycles. The second kappa shape index (κ2) is 8.73. The molecule has 154 valence electrons. The molecule has 0 atom stereocenters. The number of benzene rings is 1. The minimum Gasteiger partial charge on any atom is -0.349 e. The Balaban J connectivity index is 1.41. The number of nitrogens with one attached hydrogen (secondary N) is 1. The van der Waals surface area contributed by atoms with E-state index in [1.54, 1.807) is 27.8 Å². The third-order valence-corrected chi connectivity index (χ3v) is 5.49. The summed E-state index contributed by atoms with van der Waals surface area (Å²) in [5.41, 5.74) is 1.41. The van der Waals surface area contributed by atoms with Gasteiger partial charge in [0.25, 0.3) is 11.8 Å². The molecule has 1 aromatic carbocycles. The Morgan fingerprint density at radius 3 is 2.72 bits per heavy atom. The van der Waals surface area contributed by atoms with Gasteiger partial charge in [-0.1, -0.05) is 12.1 Å². The first-order chi connectivity index (χ1) is 14.1. The summed E-state index contributed by atoms with van der Waals surface area (Å²) in [6, 6.07) is 7.84. The second-order valence-electron chi connectivity index (χ2n) is 7.65. The zero-order chi connectivity index (χ0) is 20.2. The number of amides is 2. The normalized spacial score (nSPS) is 17.3. The molecule has 2 aliphatic rings. The van der Waals surface area contributed by atoms with Crippen LogP contribution in [0.4, 0.5) is 4.39 Å². The summed E-state index contributed by atoms with van der Waals surface area (Å²) in [5, 5.41) is 7.25. The zero-order valence-corrected chi connectivity index (χ0v) is 16.4. The number of rotatable bonds is 6. The Kier molecular flexibility index (Phi) is 5.89. The van der Waals surface area contributed by atoms with Crippen LogP contribution in [-0.2, 0) is 13.1 Å². The predicted molar refractivity (Wildman–Crippen MR) is 106 cm³/mol. The summed E-state index contributed by atoms with van der Waals surface area (Å²) in [4.78, 5) is 29.5. The van der Waals surface area contributed by atoms with Crippen LogP contribution in [0.25, 0.3) is 0 Å². The van der Waals surface area contributed by atoms with Gasteiger partial charge < -0.3 is 15.1 Å². The Morgan fingerprint density at radius 1 is 1.10 bits per heavy atom. The van der Waals surface area contributed by atoms with Crippen LogP contribution in [0, 0.1) is 5.82 Å². The number of carbonyl (C=O) groups excluding carboxylic acids is 2. The highest BCUT2D eigenvalue weighted by Crippen LogP contribution is 2.17. The minimum atomic E-state index is -0.317. The van der Waals surface area contributed by atoms with E-state index in [0.29, 0.717) is 31.9 Å². The van der Waals surface area contributed by atoms with Gasteiger partial charge in [-0.15, -0.1) is 0 Å². The van der Waals surface area contributed by atoms with Crippen molar-refractivity contribution >= 4 is 11.8 Å². The van der Waals surface area contributed by atoms with Crippen molar-refractivity contribution in [2.24, 2.45) is 0 Å². The van der Waals surface area contributed by atoms with Gasteiger partial charge in [0.15, 0.2) is 5.69 Å². The van der Waals surface area contributed by atoms with E-state index in [1.165, 1.54) is 25.0 Å². The topological polar surface area (TPSA) is 70.5 Å². The molecular weight excluding hydrogens is 373 g/mol. The summed E-state index contributed by atoms with van der Waals surface area (Å²) in [6.45, 7) is 5.05. The third kappa shape index (κ3) is 4.64. The summed E-state index contributed by atoms with van der Waals surface area (Å²) < 4.78 is 15.1. The molecule has 1 fully saturated rings. The van der Waals surface area contributed by atoms with Gasteiger partial charge in [0.05, 0.1) is 0 Å². The highest BCUT2D eigenvalue weighted by atomic mass is 19.1. The lowest BCUT2D eigenvalue weighted by atomic mass is 10.2. The molecule has 1 saturated heterocycles. The van der Waals surface area contributed by atoms with Crippen molar-refractivity contribution in [3.63, 3.8) is 0 Å². The van der Waals surface area contributed by atoms with Crippen LogP contribution in [0.5, 0.6) is 0 Å². The number of hydrogen-bond acceptors (Lipinski definition) is 4. The molecule has 0 spiro atoms. The molecule has 0 radical (unpaired) electrons. The Bertz CT molecular complexity index is 891. The van der Waals surface area contributed by atoms with E-state index >= 15 is 0 Å². The zero-order valence-electron chi connectivity index (χ0n) is 16.4. The number of halogens is 1. The quantitative estimate of drug-likeness (QED) is 0.805. The SMILES string of the molecule is O=C(NCCN1CCCC1)c1cc2n(n1)CCCN(Cc1cccc(F)c1)C2=O. The van der Waals surface area contributed by atoms with E-state index in [1.807, 2.05) is 0 Å². The second-order valence-corrected chi connectivity index (χ2v) is 7.65. The summed E-state index contributed by atoms with van der Waals surface area (Å²) >= 11 is 0. The molecule has 2 amide bonds. The van der Waals surface area contributed by atoms with Gasteiger partial charge in [0, 0.05) is 38.8 Å². The number of fused-ring (bicyclic) bond motifs is 1. The molecule has 2 aliphatic heterocycles. The molecule has 0 bridgehead atoms. The van der Waals surface area contributed by atoms with Crippen LogP contribution >= 0.6 is 0 Å². The first-order valence-electron chi connectivity index (χ1n) is 10.2. The Labute approximate surface area is 169 Å². The maximum Gasteiger partial charge on any atom is 0.272 e. The molecule has 0 unspecified atom stereocenters. The van der Waals surface area contributed by atoms with Crippen molar-refractivity contribution in [2.75, 3.05) is 32.7 Å². The Hall–Kier alpha value is -2.74. The average Bonchev–Trinajstić information content (AvgIpc) is 3.34. The fraction of sp³-hybridized carbons (Fsp3) is 0.476. The molecule has 4 rings (SSSR count). The molecule has 3 heterocycles. The van der Waals surface area contributed by atoms with E-state index < -0.39 is 0 Å². The van der Waals surface area contributed by atoms with Crippen LogP contribution in [0.15, 0.2) is 30.3 Å². The smallest absolute Gasteiger partial charge is 0.272 e. The van der Waals surface area contributed by atoms with Crippen LogP contribution in [0.3, 0.4) is 0 Å². The lowest BCUT2D eigenvalue weighted by molar-refractivity contribution is 0.0745. The van der Waals surface area contributed by atoms with E-state index in [2.05, 4.69) is 15.3 Å². The molecule has 29 heavy (non-hydrogen) atoms. The summed E-state index contributed by atoms with van der Waals surface area (Å²) in [7, 11) is 0. The van der Waals surface area contributed by atoms with E-state index in [-0.39, 0.29) is 23.3 Å². The highest BCUT2D eigenvalue weighted by molar-refractivity contribution is 5.98. The molecule has 8 heteroatoms. The summed E-state index contributed by atoms with van der Waals surface area (Å²) in [6.07, 6.45) is 3.16. The number of aryl methyl sites for hydroxylation is 1. The third-order valence-electron chi connectivity index (χ3n) is 5.49. The molecule has 2 aromatic rings. The Morgan fingerprint density at radius 2 is 1.93 bits per heavy atom. The van der Waals surface area contributed by atoms with Crippen molar-refractivity contribution in [3.05, 3.63) is 53.1 Å². The van der Waals surface area contributed by atoms with Crippen molar-refractivity contribution in [3.8, 4) is 0 Å². The van der Waals surface area contributed by atoms with E-state index in [4.69, 9.17) is 0 Å². The van der Waals surface area contributed by atoms with Gasteiger partial charge in [-0.05, 0) is 50.0 Å². The molecule has 0 saturated carbocycles. The maximum atomic E-state index is 13.5. The van der Waals surface area contributed by atoms with Crippen molar-refractivity contribution in [1.29, 1.82) is 0 Å². The van der Waals surface area contributed by atoms with Crippen molar-refractivity contribution < 1.29 is 14.0 Å². The van der Waals surface area contributed by atoms with E-state index in [9.17, 15) is 14.0 Å². The van der Waals surface area contributed by atoms with Crippen LogP contribution in [-0.4, -0.2) is 64.1 Å². The van der Waals surface area contributed by atoms with Crippen LogP contribution in [0.2, 0.25) is 0 Å². The fourth-order valence-corrected chi connectivity index (χ4v) is 3.98. The largest absolute Gasteiger partial charge is 0.349 e. The van der Waals surface area contributed by atoms with Crippen molar-refractivity contribution in [1.82, 2.24) is 24.9 Å². The molecule has 1 N–H and O–H groups in total. The number of likely N-dealkylation sites (tertiary alicyclic amines) is 1. The van der Waals surface area contributed by atoms with Gasteiger partial charge in [0.1, 0.15) is 11.5 Å². The molecule has 1 aromatic heterocycles. The minimum absolute atomic E-state index is 0.185. The van der Waals surface area contributed by atoms with Gasteiger partial charge >= 0.3 is 0 Å². The predicted octanol–water partition coefficient (Wildman–Crippen LogP) is 1.89. The first kappa shape index (κ1) is 19.6. The average molecular weight is 399 g/mol. The summed E-state index contributed by atoms with van der Waals surface area (Å²) in [5.74, 6) is -0.757. The fourth-order valence-electron chi connectivity index (χ4n) is 3.98. The van der Waals surface area contributed by atoms with Gasteiger partial charge in [-0.2, -0.15) is 5.10 Å². The first-order valence-corrected chi connectivity index (χ1v) is 10.2. The standard InChI is InChI=1S/C21H26FN5O2/c22-17-6-3-5-16(13-17)15-26-10-4-11-27-19(21(26)29)14-18(24-27)20(28)23-7-12-25-8-1-2-9-25/h3,5-6,13-14H,1-2,4,7-12,15H2,(H,23,28). The lowest BCUT2D eigenvalue weighted by Gasteiger charge is -2.20. The number of carbonyl (C=O) groups is 2. The highest BCUT2D eigenvalue weighted by Gasteiger charge is 2.26. The van der Waals surface area contributed by atoms with Crippen LogP contribution in [0.1, 0.15) is 45.8 Å². The lowest BCUT2D eigenvalue weighted by Crippen LogP contribution is -2.33. The number of nitrogens with zero attached hydrogens (tertiary/aromatic N) is 4. The van der Waals surface area contributed by atoms with Crippen LogP contribution < -0.4 is 5.32 Å². The molecular formula is C21H26FN5O2. The van der Waals surface area contributed by atoms with Gasteiger partial charge in [-0.3, -0.25) is 14.3 Å². The van der Waals surface area contributed by atoms with Crippen molar-refractivity contribution in [2.45, 2.75) is 32.4 Å². The number of aromatic nitrogens is 2. The monoisotopic (exact) mass is 399 g/mol. The van der Waals surface area contributed by atoms with Gasteiger partial charge in [0.2, 0.25) is 0 Å². The maximum absolute atomic E-state index is 13.5. The van der Waals surface area contributed by atoms with Gasteiger partial charge in [-0.25, -0.2) is 4.39 Å². The molecule has 7 nitrogen and oxygen atoms in total. The number of hydrogen-bond donors (Lipinski definition) is 1. The van der Waals surface area contributed by atoms with E-state index in [0.717, 1.165) is 31.6 Å².